The van der Waals surface area contributed by atoms with E-state index in [-0.39, 0.29) is 16.5 Å². The van der Waals surface area contributed by atoms with Gasteiger partial charge in [0.1, 0.15) is 5.82 Å². The van der Waals surface area contributed by atoms with Crippen LogP contribution in [0.5, 0.6) is 0 Å². The topological polar surface area (TPSA) is 89.3 Å². The Morgan fingerprint density at radius 1 is 1.50 bits per heavy atom. The van der Waals surface area contributed by atoms with Gasteiger partial charge >= 0.3 is 0 Å². The summed E-state index contributed by atoms with van der Waals surface area (Å²) in [5.74, 6) is -1.01. The van der Waals surface area contributed by atoms with Gasteiger partial charge in [0.05, 0.1) is 10.5 Å². The van der Waals surface area contributed by atoms with Gasteiger partial charge in [0.2, 0.25) is 10.0 Å². The minimum Gasteiger partial charge on any atom is -0.349 e. The summed E-state index contributed by atoms with van der Waals surface area (Å²) in [5.41, 5.74) is -0.305. The van der Waals surface area contributed by atoms with Crippen molar-refractivity contribution in [2.45, 2.75) is 24.3 Å². The van der Waals surface area contributed by atoms with Crippen molar-refractivity contribution in [1.29, 1.82) is 0 Å². The molecule has 2 atom stereocenters. The van der Waals surface area contributed by atoms with Crippen LogP contribution in [0.3, 0.4) is 0 Å². The van der Waals surface area contributed by atoms with E-state index < -0.39 is 21.7 Å². The number of carbonyl (C=O) groups excluding carboxylic acids is 1. The van der Waals surface area contributed by atoms with Gasteiger partial charge in [-0.1, -0.05) is 6.92 Å². The van der Waals surface area contributed by atoms with Gasteiger partial charge in [-0.25, -0.2) is 17.9 Å². The zero-order chi connectivity index (χ0) is 13.5. The molecule has 1 amide bonds. The quantitative estimate of drug-likeness (QED) is 0.845. The molecule has 0 aromatic heterocycles. The lowest BCUT2D eigenvalue weighted by Gasteiger charge is -2.06. The van der Waals surface area contributed by atoms with Crippen LogP contribution in [0.4, 0.5) is 4.39 Å². The molecule has 0 radical (unpaired) electrons. The lowest BCUT2D eigenvalue weighted by molar-refractivity contribution is 0.0945. The van der Waals surface area contributed by atoms with E-state index in [1.807, 2.05) is 6.92 Å². The van der Waals surface area contributed by atoms with Crippen LogP contribution in [-0.2, 0) is 10.0 Å². The van der Waals surface area contributed by atoms with E-state index in [0.29, 0.717) is 5.92 Å². The Morgan fingerprint density at radius 3 is 2.61 bits per heavy atom. The fourth-order valence-electron chi connectivity index (χ4n) is 1.62. The maximum absolute atomic E-state index is 13.5. The number of sulfonamides is 1. The zero-order valence-corrected chi connectivity index (χ0v) is 10.5. The molecule has 3 N–H and O–H groups in total. The molecule has 0 bridgehead atoms. The number of primary sulfonamides is 1. The van der Waals surface area contributed by atoms with Crippen molar-refractivity contribution in [3.05, 3.63) is 29.6 Å². The zero-order valence-electron chi connectivity index (χ0n) is 9.68. The van der Waals surface area contributed by atoms with Crippen molar-refractivity contribution in [3.63, 3.8) is 0 Å². The molecule has 0 spiro atoms. The smallest absolute Gasteiger partial charge is 0.254 e. The Hall–Kier alpha value is -1.47. The van der Waals surface area contributed by atoms with Crippen molar-refractivity contribution >= 4 is 15.9 Å². The summed E-state index contributed by atoms with van der Waals surface area (Å²) in [5, 5.41) is 7.55. The molecule has 1 fully saturated rings. The Kier molecular flexibility index (Phi) is 3.12. The summed E-state index contributed by atoms with van der Waals surface area (Å²) in [6.45, 7) is 1.96. The molecule has 7 heteroatoms. The Bertz CT molecular complexity index is 600. The first kappa shape index (κ1) is 13.0. The molecule has 0 heterocycles. The van der Waals surface area contributed by atoms with Gasteiger partial charge in [0.25, 0.3) is 5.91 Å². The molecule has 2 unspecified atom stereocenters. The monoisotopic (exact) mass is 272 g/mol. The lowest BCUT2D eigenvalue weighted by atomic mass is 10.2. The van der Waals surface area contributed by atoms with Crippen LogP contribution in [-0.4, -0.2) is 20.4 Å². The molecule has 0 aliphatic heterocycles. The van der Waals surface area contributed by atoms with Crippen molar-refractivity contribution in [2.75, 3.05) is 0 Å². The minimum absolute atomic E-state index is 0.0371. The fraction of sp³-hybridized carbons (Fsp3) is 0.364. The van der Waals surface area contributed by atoms with Gasteiger partial charge < -0.3 is 5.32 Å². The van der Waals surface area contributed by atoms with E-state index in [2.05, 4.69) is 5.32 Å². The molecule has 1 aromatic carbocycles. The number of nitrogens with two attached hydrogens (primary N) is 1. The Labute approximate surface area is 104 Å². The van der Waals surface area contributed by atoms with Gasteiger partial charge in [-0.15, -0.1) is 0 Å². The van der Waals surface area contributed by atoms with Gasteiger partial charge in [-0.3, -0.25) is 4.79 Å². The summed E-state index contributed by atoms with van der Waals surface area (Å²) < 4.78 is 35.7. The molecule has 1 aliphatic rings. The van der Waals surface area contributed by atoms with Crippen LogP contribution in [0, 0.1) is 11.7 Å². The fourth-order valence-corrected chi connectivity index (χ4v) is 2.16. The second-order valence-electron chi connectivity index (χ2n) is 4.48. The second-order valence-corrected chi connectivity index (χ2v) is 6.04. The number of hydrogen-bond acceptors (Lipinski definition) is 3. The second kappa shape index (κ2) is 4.33. The van der Waals surface area contributed by atoms with Gasteiger partial charge in [-0.05, 0) is 30.5 Å². The SMILES string of the molecule is CC1CC1NC(=O)c1cc(S(N)(=O)=O)ccc1F. The number of benzene rings is 1. The molecule has 5 nitrogen and oxygen atoms in total. The summed E-state index contributed by atoms with van der Waals surface area (Å²) in [6, 6.07) is 2.94. The van der Waals surface area contributed by atoms with Crippen molar-refractivity contribution in [3.8, 4) is 0 Å². The van der Waals surface area contributed by atoms with E-state index in [0.717, 1.165) is 24.6 Å². The summed E-state index contributed by atoms with van der Waals surface area (Å²) in [7, 11) is -3.95. The van der Waals surface area contributed by atoms with Crippen LogP contribution < -0.4 is 10.5 Å². The van der Waals surface area contributed by atoms with E-state index >= 15 is 0 Å². The molecule has 1 aromatic rings. The number of rotatable bonds is 3. The first-order chi connectivity index (χ1) is 8.29. The third kappa shape index (κ3) is 2.68. The third-order valence-corrected chi connectivity index (χ3v) is 3.85. The highest BCUT2D eigenvalue weighted by atomic mass is 32.2. The first-order valence-corrected chi connectivity index (χ1v) is 6.97. The van der Waals surface area contributed by atoms with Crippen LogP contribution >= 0.6 is 0 Å². The minimum atomic E-state index is -3.95. The van der Waals surface area contributed by atoms with E-state index in [1.165, 1.54) is 0 Å². The summed E-state index contributed by atoms with van der Waals surface area (Å²) in [4.78, 5) is 11.5. The molecule has 98 valence electrons. The predicted molar refractivity (Wildman–Crippen MR) is 62.8 cm³/mol. The molecular weight excluding hydrogens is 259 g/mol. The van der Waals surface area contributed by atoms with E-state index in [9.17, 15) is 17.6 Å². The summed E-state index contributed by atoms with van der Waals surface area (Å²) in [6.07, 6.45) is 0.849. The molecule has 18 heavy (non-hydrogen) atoms. The van der Waals surface area contributed by atoms with Crippen molar-refractivity contribution in [2.24, 2.45) is 11.1 Å². The normalized spacial score (nSPS) is 22.6. The lowest BCUT2D eigenvalue weighted by Crippen LogP contribution is -2.27. The molecule has 2 rings (SSSR count). The van der Waals surface area contributed by atoms with E-state index in [1.54, 1.807) is 0 Å². The molecule has 0 saturated heterocycles. The average Bonchev–Trinajstić information content (AvgIpc) is 2.92. The largest absolute Gasteiger partial charge is 0.349 e. The maximum atomic E-state index is 13.5. The number of carbonyl (C=O) groups is 1. The van der Waals surface area contributed by atoms with Gasteiger partial charge in [-0.2, -0.15) is 0 Å². The highest BCUT2D eigenvalue weighted by Gasteiger charge is 2.34. The van der Waals surface area contributed by atoms with Crippen molar-refractivity contribution < 1.29 is 17.6 Å². The number of hydrogen-bond donors (Lipinski definition) is 2. The van der Waals surface area contributed by atoms with Crippen LogP contribution in [0.2, 0.25) is 0 Å². The maximum Gasteiger partial charge on any atom is 0.254 e. The average molecular weight is 272 g/mol. The molecular formula is C11H13FN2O3S. The number of nitrogens with one attached hydrogen (secondary N) is 1. The highest BCUT2D eigenvalue weighted by molar-refractivity contribution is 7.89. The van der Waals surface area contributed by atoms with E-state index in [4.69, 9.17) is 5.14 Å². The van der Waals surface area contributed by atoms with Crippen LogP contribution in [0.1, 0.15) is 23.7 Å². The number of halogens is 1. The summed E-state index contributed by atoms with van der Waals surface area (Å²) >= 11 is 0. The third-order valence-electron chi connectivity index (χ3n) is 2.94. The first-order valence-electron chi connectivity index (χ1n) is 5.42. The van der Waals surface area contributed by atoms with Crippen LogP contribution in [0.25, 0.3) is 0 Å². The Balaban J connectivity index is 2.29. The van der Waals surface area contributed by atoms with Gasteiger partial charge in [0, 0.05) is 6.04 Å². The van der Waals surface area contributed by atoms with Crippen molar-refractivity contribution in [1.82, 2.24) is 5.32 Å². The standard InChI is InChI=1S/C11H13FN2O3S/c1-6-4-10(6)14-11(15)8-5-7(18(13,16)17)2-3-9(8)12/h2-3,5-6,10H,4H2,1H3,(H,14,15)(H2,13,16,17). The highest BCUT2D eigenvalue weighted by Crippen LogP contribution is 2.29. The van der Waals surface area contributed by atoms with Crippen LogP contribution in [0.15, 0.2) is 23.1 Å². The molecule has 1 saturated carbocycles. The Morgan fingerprint density at radius 2 is 2.11 bits per heavy atom. The number of amides is 1. The molecule has 1 aliphatic carbocycles. The predicted octanol–water partition coefficient (Wildman–Crippen LogP) is 0.611. The van der Waals surface area contributed by atoms with Gasteiger partial charge in [0.15, 0.2) is 0 Å².